The van der Waals surface area contributed by atoms with Crippen LogP contribution in [-0.4, -0.2) is 11.1 Å². The number of aromatic nitrogens is 1. The minimum atomic E-state index is 0.141. The topological polar surface area (TPSA) is 34.0 Å². The Kier molecular flexibility index (Phi) is 4.00. The minimum Gasteiger partial charge on any atom is -0.313 e. The van der Waals surface area contributed by atoms with Gasteiger partial charge in [-0.1, -0.05) is 13.0 Å². The average molecular weight is 234 g/mol. The van der Waals surface area contributed by atoms with Gasteiger partial charge in [0.2, 0.25) is 0 Å². The normalized spacial score (nSPS) is 19.1. The van der Waals surface area contributed by atoms with Crippen LogP contribution in [0.3, 0.4) is 0 Å². The van der Waals surface area contributed by atoms with Gasteiger partial charge < -0.3 is 9.88 Å². The van der Waals surface area contributed by atoms with Crippen molar-refractivity contribution in [3.05, 3.63) is 33.7 Å². The van der Waals surface area contributed by atoms with Crippen molar-refractivity contribution in [1.29, 1.82) is 0 Å². The number of fused-ring (bicyclic) bond motifs is 1. The molecular formula is C14H22N2O. The highest BCUT2D eigenvalue weighted by atomic mass is 16.1. The maximum Gasteiger partial charge on any atom is 0.250 e. The molecule has 0 aromatic carbocycles. The van der Waals surface area contributed by atoms with Gasteiger partial charge in [-0.3, -0.25) is 4.79 Å². The number of hydrogen-bond acceptors (Lipinski definition) is 2. The van der Waals surface area contributed by atoms with Crippen LogP contribution in [-0.2, 0) is 13.0 Å². The van der Waals surface area contributed by atoms with E-state index in [1.807, 2.05) is 17.6 Å². The van der Waals surface area contributed by atoms with Gasteiger partial charge in [0.25, 0.3) is 5.56 Å². The molecular weight excluding hydrogens is 212 g/mol. The second kappa shape index (κ2) is 5.50. The van der Waals surface area contributed by atoms with Crippen molar-refractivity contribution in [2.75, 3.05) is 6.54 Å². The molecule has 1 unspecified atom stereocenters. The first kappa shape index (κ1) is 12.4. The summed E-state index contributed by atoms with van der Waals surface area (Å²) >= 11 is 0. The van der Waals surface area contributed by atoms with E-state index < -0.39 is 0 Å². The fourth-order valence-corrected chi connectivity index (χ4v) is 2.74. The minimum absolute atomic E-state index is 0.141. The molecule has 1 aliphatic rings. The van der Waals surface area contributed by atoms with E-state index in [4.69, 9.17) is 0 Å². The Morgan fingerprint density at radius 2 is 2.24 bits per heavy atom. The zero-order valence-electron chi connectivity index (χ0n) is 10.8. The highest BCUT2D eigenvalue weighted by Gasteiger charge is 2.21. The third kappa shape index (κ3) is 2.44. The van der Waals surface area contributed by atoms with Crippen molar-refractivity contribution in [3.63, 3.8) is 0 Å². The molecule has 0 radical (unpaired) electrons. The third-order valence-electron chi connectivity index (χ3n) is 3.57. The molecule has 1 N–H and O–H groups in total. The summed E-state index contributed by atoms with van der Waals surface area (Å²) in [6.45, 7) is 6.06. The van der Waals surface area contributed by atoms with Crippen LogP contribution < -0.4 is 10.9 Å². The van der Waals surface area contributed by atoms with Crippen LogP contribution in [0.15, 0.2) is 16.9 Å². The largest absolute Gasteiger partial charge is 0.313 e. The molecule has 17 heavy (non-hydrogen) atoms. The molecule has 1 heterocycles. The zero-order valence-corrected chi connectivity index (χ0v) is 10.8. The van der Waals surface area contributed by atoms with Crippen molar-refractivity contribution in [2.24, 2.45) is 0 Å². The zero-order chi connectivity index (χ0) is 12.3. The maximum atomic E-state index is 11.8. The average Bonchev–Trinajstić information content (AvgIpc) is 2.36. The van der Waals surface area contributed by atoms with E-state index in [-0.39, 0.29) is 5.56 Å². The Hall–Kier alpha value is -1.09. The van der Waals surface area contributed by atoms with Gasteiger partial charge in [-0.2, -0.15) is 0 Å². The summed E-state index contributed by atoms with van der Waals surface area (Å²) in [5.74, 6) is 0. The maximum absolute atomic E-state index is 11.8. The summed E-state index contributed by atoms with van der Waals surface area (Å²) in [7, 11) is 0. The monoisotopic (exact) mass is 234 g/mol. The van der Waals surface area contributed by atoms with Crippen molar-refractivity contribution >= 4 is 0 Å². The number of nitrogens with one attached hydrogen (secondary N) is 1. The lowest BCUT2D eigenvalue weighted by molar-refractivity contribution is 0.442. The SMILES string of the molecule is CCCNC1CCCc2c1ccc(=O)n2CC. The highest BCUT2D eigenvalue weighted by molar-refractivity contribution is 5.27. The Morgan fingerprint density at radius 1 is 1.41 bits per heavy atom. The standard InChI is InChI=1S/C14H22N2O/c1-3-10-15-12-6-5-7-13-11(12)8-9-14(17)16(13)4-2/h8-9,12,15H,3-7,10H2,1-2H3. The van der Waals surface area contributed by atoms with Gasteiger partial charge in [0.05, 0.1) is 0 Å². The summed E-state index contributed by atoms with van der Waals surface area (Å²) < 4.78 is 1.93. The molecule has 3 heteroatoms. The fraction of sp³-hybridized carbons (Fsp3) is 0.643. The summed E-state index contributed by atoms with van der Waals surface area (Å²) in [5, 5.41) is 3.58. The molecule has 0 amide bonds. The predicted molar refractivity (Wildman–Crippen MR) is 70.3 cm³/mol. The molecule has 0 bridgehead atoms. The van der Waals surface area contributed by atoms with Gasteiger partial charge >= 0.3 is 0 Å². The van der Waals surface area contributed by atoms with E-state index in [1.165, 1.54) is 24.1 Å². The number of pyridine rings is 1. The van der Waals surface area contributed by atoms with Crippen molar-refractivity contribution in [1.82, 2.24) is 9.88 Å². The van der Waals surface area contributed by atoms with Crippen LogP contribution in [0.25, 0.3) is 0 Å². The molecule has 1 atom stereocenters. The smallest absolute Gasteiger partial charge is 0.250 e. The van der Waals surface area contributed by atoms with E-state index >= 15 is 0 Å². The Morgan fingerprint density at radius 3 is 2.94 bits per heavy atom. The second-order valence-corrected chi connectivity index (χ2v) is 4.72. The van der Waals surface area contributed by atoms with Crippen LogP contribution in [0.1, 0.15) is 50.4 Å². The van der Waals surface area contributed by atoms with E-state index in [9.17, 15) is 4.79 Å². The Bertz CT molecular complexity index is 436. The molecule has 2 rings (SSSR count). The van der Waals surface area contributed by atoms with Crippen LogP contribution in [0, 0.1) is 0 Å². The number of hydrogen-bond donors (Lipinski definition) is 1. The molecule has 0 saturated carbocycles. The van der Waals surface area contributed by atoms with Gasteiger partial charge in [-0.25, -0.2) is 0 Å². The summed E-state index contributed by atoms with van der Waals surface area (Å²) in [4.78, 5) is 11.8. The molecule has 0 spiro atoms. The van der Waals surface area contributed by atoms with Gasteiger partial charge in [-0.05, 0) is 44.7 Å². The first-order valence-corrected chi connectivity index (χ1v) is 6.74. The summed E-state index contributed by atoms with van der Waals surface area (Å²) in [5.41, 5.74) is 2.73. The van der Waals surface area contributed by atoms with Crippen molar-refractivity contribution in [2.45, 2.75) is 52.1 Å². The van der Waals surface area contributed by atoms with E-state index in [2.05, 4.69) is 12.2 Å². The molecule has 0 aliphatic heterocycles. The molecule has 0 fully saturated rings. The van der Waals surface area contributed by atoms with Gasteiger partial charge in [0, 0.05) is 24.3 Å². The van der Waals surface area contributed by atoms with Crippen LogP contribution in [0.2, 0.25) is 0 Å². The summed E-state index contributed by atoms with van der Waals surface area (Å²) in [6.07, 6.45) is 4.57. The third-order valence-corrected chi connectivity index (χ3v) is 3.57. The lowest BCUT2D eigenvalue weighted by Crippen LogP contribution is -2.31. The molecule has 1 aromatic heterocycles. The van der Waals surface area contributed by atoms with E-state index in [0.29, 0.717) is 6.04 Å². The van der Waals surface area contributed by atoms with Crippen LogP contribution >= 0.6 is 0 Å². The molecule has 1 aliphatic carbocycles. The lowest BCUT2D eigenvalue weighted by atomic mass is 9.91. The van der Waals surface area contributed by atoms with Crippen molar-refractivity contribution < 1.29 is 0 Å². The molecule has 1 aromatic rings. The number of nitrogens with zero attached hydrogens (tertiary/aromatic N) is 1. The van der Waals surface area contributed by atoms with E-state index in [1.54, 1.807) is 6.07 Å². The highest BCUT2D eigenvalue weighted by Crippen LogP contribution is 2.28. The van der Waals surface area contributed by atoms with Gasteiger partial charge in [-0.15, -0.1) is 0 Å². The first-order valence-electron chi connectivity index (χ1n) is 6.74. The lowest BCUT2D eigenvalue weighted by Gasteiger charge is -2.28. The van der Waals surface area contributed by atoms with Crippen LogP contribution in [0.5, 0.6) is 0 Å². The van der Waals surface area contributed by atoms with Gasteiger partial charge in [0.15, 0.2) is 0 Å². The molecule has 94 valence electrons. The Balaban J connectivity index is 2.35. The van der Waals surface area contributed by atoms with Crippen LogP contribution in [0.4, 0.5) is 0 Å². The van der Waals surface area contributed by atoms with Gasteiger partial charge in [0.1, 0.15) is 0 Å². The fourth-order valence-electron chi connectivity index (χ4n) is 2.74. The quantitative estimate of drug-likeness (QED) is 0.867. The molecule has 3 nitrogen and oxygen atoms in total. The first-order chi connectivity index (χ1) is 8.27. The molecule has 0 saturated heterocycles. The second-order valence-electron chi connectivity index (χ2n) is 4.72. The summed E-state index contributed by atoms with van der Waals surface area (Å²) in [6, 6.07) is 4.18. The number of rotatable bonds is 4. The van der Waals surface area contributed by atoms with E-state index in [0.717, 1.165) is 25.9 Å². The predicted octanol–water partition coefficient (Wildman–Crippen LogP) is 2.25. The van der Waals surface area contributed by atoms with Crippen molar-refractivity contribution in [3.8, 4) is 0 Å². The Labute approximate surface area is 103 Å².